The summed E-state index contributed by atoms with van der Waals surface area (Å²) in [6.45, 7) is 14.0. The molecule has 0 aliphatic rings. The highest BCUT2D eigenvalue weighted by atomic mass is 14.3. The van der Waals surface area contributed by atoms with Crippen LogP contribution in [0.25, 0.3) is 0 Å². The first-order valence-corrected chi connectivity index (χ1v) is 8.31. The zero-order chi connectivity index (χ0) is 14.9. The molecule has 0 aromatic carbocycles. The summed E-state index contributed by atoms with van der Waals surface area (Å²) in [4.78, 5) is 0. The number of terminal acetylenes is 1. The molecule has 0 fully saturated rings. The van der Waals surface area contributed by atoms with E-state index in [9.17, 15) is 0 Å². The van der Waals surface area contributed by atoms with Gasteiger partial charge in [-0.1, -0.05) is 73.6 Å². The van der Waals surface area contributed by atoms with Crippen molar-refractivity contribution in [3.63, 3.8) is 0 Å². The maximum Gasteiger partial charge on any atom is 0.0177 e. The van der Waals surface area contributed by atoms with Crippen molar-refractivity contribution in [2.75, 3.05) is 0 Å². The summed E-state index contributed by atoms with van der Waals surface area (Å²) in [6.07, 6.45) is 14.9. The maximum atomic E-state index is 5.56. The van der Waals surface area contributed by atoms with E-state index < -0.39 is 0 Å². The average Bonchev–Trinajstić information content (AvgIpc) is 2.34. The highest BCUT2D eigenvalue weighted by Gasteiger charge is 2.29. The molecule has 19 heavy (non-hydrogen) atoms. The Balaban J connectivity index is 4.12. The molecule has 0 nitrogen and oxygen atoms in total. The summed E-state index contributed by atoms with van der Waals surface area (Å²) in [6, 6.07) is 0. The van der Waals surface area contributed by atoms with Crippen molar-refractivity contribution in [3.05, 3.63) is 0 Å². The second-order valence-corrected chi connectivity index (χ2v) is 7.22. The topological polar surface area (TPSA) is 0 Å². The normalized spacial score (nSPS) is 17.8. The molecule has 3 atom stereocenters. The Morgan fingerprint density at radius 2 is 1.68 bits per heavy atom. The van der Waals surface area contributed by atoms with E-state index in [0.29, 0.717) is 11.3 Å². The van der Waals surface area contributed by atoms with E-state index in [4.69, 9.17) is 6.42 Å². The lowest BCUT2D eigenvalue weighted by molar-refractivity contribution is 0.159. The Morgan fingerprint density at radius 1 is 1.05 bits per heavy atom. The molecule has 0 N–H and O–H groups in total. The van der Waals surface area contributed by atoms with E-state index in [2.05, 4.69) is 47.5 Å². The van der Waals surface area contributed by atoms with Crippen LogP contribution in [0, 0.1) is 35.5 Å². The third kappa shape index (κ3) is 7.66. The van der Waals surface area contributed by atoms with Crippen LogP contribution in [0.5, 0.6) is 0 Å². The SMILES string of the molecule is C#CC(C)CC(C)(CCCCC(C)CCC)C(C)C. The molecule has 0 aliphatic carbocycles. The van der Waals surface area contributed by atoms with Gasteiger partial charge in [0, 0.05) is 5.92 Å². The largest absolute Gasteiger partial charge is 0.120 e. The van der Waals surface area contributed by atoms with E-state index in [0.717, 1.165) is 11.8 Å². The van der Waals surface area contributed by atoms with Gasteiger partial charge in [0.15, 0.2) is 0 Å². The molecule has 0 aliphatic heterocycles. The molecule has 112 valence electrons. The smallest absolute Gasteiger partial charge is 0.0177 e. The van der Waals surface area contributed by atoms with Gasteiger partial charge in [-0.2, -0.15) is 0 Å². The van der Waals surface area contributed by atoms with Crippen molar-refractivity contribution in [2.24, 2.45) is 23.2 Å². The van der Waals surface area contributed by atoms with Crippen molar-refractivity contribution in [2.45, 2.75) is 86.5 Å². The lowest BCUT2D eigenvalue weighted by atomic mass is 9.70. The first kappa shape index (κ1) is 18.6. The zero-order valence-electron chi connectivity index (χ0n) is 14.3. The van der Waals surface area contributed by atoms with Crippen LogP contribution < -0.4 is 0 Å². The molecule has 0 rings (SSSR count). The second-order valence-electron chi connectivity index (χ2n) is 7.22. The molecule has 0 spiro atoms. The van der Waals surface area contributed by atoms with Gasteiger partial charge in [-0.25, -0.2) is 0 Å². The fraction of sp³-hybridized carbons (Fsp3) is 0.895. The fourth-order valence-electron chi connectivity index (χ4n) is 3.04. The molecule has 0 radical (unpaired) electrons. The van der Waals surface area contributed by atoms with Gasteiger partial charge in [-0.3, -0.25) is 0 Å². The van der Waals surface area contributed by atoms with Gasteiger partial charge in [0.2, 0.25) is 0 Å². The lowest BCUT2D eigenvalue weighted by Crippen LogP contribution is -2.26. The third-order valence-electron chi connectivity index (χ3n) is 4.93. The van der Waals surface area contributed by atoms with Gasteiger partial charge < -0.3 is 0 Å². The van der Waals surface area contributed by atoms with E-state index in [-0.39, 0.29) is 0 Å². The molecule has 0 saturated carbocycles. The van der Waals surface area contributed by atoms with Gasteiger partial charge in [0.25, 0.3) is 0 Å². The minimum Gasteiger partial charge on any atom is -0.120 e. The van der Waals surface area contributed by atoms with Gasteiger partial charge in [0.1, 0.15) is 0 Å². The van der Waals surface area contributed by atoms with Crippen molar-refractivity contribution < 1.29 is 0 Å². The number of hydrogen-bond acceptors (Lipinski definition) is 0. The fourth-order valence-corrected chi connectivity index (χ4v) is 3.04. The molecular formula is C19H36. The summed E-state index contributed by atoms with van der Waals surface area (Å²) in [5.74, 6) is 4.93. The van der Waals surface area contributed by atoms with E-state index in [1.54, 1.807) is 0 Å². The number of hydrogen-bond donors (Lipinski definition) is 0. The highest BCUT2D eigenvalue weighted by Crippen LogP contribution is 2.39. The molecule has 0 aromatic rings. The number of rotatable bonds is 10. The first-order valence-electron chi connectivity index (χ1n) is 8.31. The molecule has 0 bridgehead atoms. The Kier molecular flexibility index (Phi) is 9.24. The minimum atomic E-state index is 0.409. The molecule has 3 unspecified atom stereocenters. The van der Waals surface area contributed by atoms with Gasteiger partial charge in [0.05, 0.1) is 0 Å². The minimum absolute atomic E-state index is 0.409. The quantitative estimate of drug-likeness (QED) is 0.320. The van der Waals surface area contributed by atoms with Gasteiger partial charge in [-0.15, -0.1) is 12.3 Å². The lowest BCUT2D eigenvalue weighted by Gasteiger charge is -2.35. The Bertz CT molecular complexity index is 258. The summed E-state index contributed by atoms with van der Waals surface area (Å²) in [5, 5.41) is 0. The van der Waals surface area contributed by atoms with Gasteiger partial charge >= 0.3 is 0 Å². The molecule has 0 heteroatoms. The zero-order valence-corrected chi connectivity index (χ0v) is 14.3. The Hall–Kier alpha value is -0.440. The van der Waals surface area contributed by atoms with Crippen molar-refractivity contribution in [1.29, 1.82) is 0 Å². The van der Waals surface area contributed by atoms with E-state index in [1.807, 2.05) is 0 Å². The van der Waals surface area contributed by atoms with Gasteiger partial charge in [-0.05, 0) is 30.1 Å². The summed E-state index contributed by atoms with van der Waals surface area (Å²) in [7, 11) is 0. The number of unbranched alkanes of at least 4 members (excludes halogenated alkanes) is 1. The Morgan fingerprint density at radius 3 is 2.16 bits per heavy atom. The van der Waals surface area contributed by atoms with Crippen LogP contribution in [0.15, 0.2) is 0 Å². The molecule has 0 aromatic heterocycles. The summed E-state index contributed by atoms with van der Waals surface area (Å²) >= 11 is 0. The monoisotopic (exact) mass is 264 g/mol. The van der Waals surface area contributed by atoms with Crippen molar-refractivity contribution in [1.82, 2.24) is 0 Å². The molecular weight excluding hydrogens is 228 g/mol. The predicted octanol–water partition coefficient (Wildman–Crippen LogP) is 6.30. The molecule has 0 saturated heterocycles. The van der Waals surface area contributed by atoms with Crippen LogP contribution in [0.1, 0.15) is 86.5 Å². The van der Waals surface area contributed by atoms with Crippen LogP contribution in [0.4, 0.5) is 0 Å². The standard InChI is InChI=1S/C19H36/c1-8-12-18(6)13-10-11-14-19(7,16(3)4)15-17(5)9-2/h2,16-18H,8,10-15H2,1,3-7H3. The van der Waals surface area contributed by atoms with Crippen LogP contribution in [0.3, 0.4) is 0 Å². The first-order chi connectivity index (χ1) is 8.85. The summed E-state index contributed by atoms with van der Waals surface area (Å²) < 4.78 is 0. The van der Waals surface area contributed by atoms with E-state index in [1.165, 1.54) is 44.9 Å². The predicted molar refractivity (Wildman–Crippen MR) is 88.1 cm³/mol. The van der Waals surface area contributed by atoms with E-state index >= 15 is 0 Å². The average molecular weight is 264 g/mol. The highest BCUT2D eigenvalue weighted by molar-refractivity contribution is 4.94. The van der Waals surface area contributed by atoms with Crippen LogP contribution in [-0.4, -0.2) is 0 Å². The third-order valence-corrected chi connectivity index (χ3v) is 4.93. The Labute approximate surface area is 122 Å². The second kappa shape index (κ2) is 9.46. The summed E-state index contributed by atoms with van der Waals surface area (Å²) in [5.41, 5.74) is 0.416. The van der Waals surface area contributed by atoms with Crippen LogP contribution >= 0.6 is 0 Å². The maximum absolute atomic E-state index is 5.56. The van der Waals surface area contributed by atoms with Crippen LogP contribution in [-0.2, 0) is 0 Å². The van der Waals surface area contributed by atoms with Crippen molar-refractivity contribution >= 4 is 0 Å². The van der Waals surface area contributed by atoms with Crippen molar-refractivity contribution in [3.8, 4) is 12.3 Å². The van der Waals surface area contributed by atoms with Crippen LogP contribution in [0.2, 0.25) is 0 Å². The molecule has 0 heterocycles. The molecule has 0 amide bonds.